The Kier molecular flexibility index (Phi) is 2.60. The van der Waals surface area contributed by atoms with Crippen LogP contribution in [0.15, 0.2) is 18.2 Å². The summed E-state index contributed by atoms with van der Waals surface area (Å²) in [4.78, 5) is 10.1. The quantitative estimate of drug-likeness (QED) is 0.729. The molecule has 0 spiro atoms. The Labute approximate surface area is 99.6 Å². The largest absolute Gasteiger partial charge is 0.399 e. The highest BCUT2D eigenvalue weighted by atomic mass is 16.5. The first-order valence-corrected chi connectivity index (χ1v) is 5.91. The highest BCUT2D eigenvalue weighted by Crippen LogP contribution is 2.20. The third-order valence-electron chi connectivity index (χ3n) is 3.02. The summed E-state index contributed by atoms with van der Waals surface area (Å²) in [6.07, 6.45) is 1.04. The van der Waals surface area contributed by atoms with Gasteiger partial charge in [0.2, 0.25) is 5.95 Å². The number of aromatic amines is 1. The van der Waals surface area contributed by atoms with E-state index in [2.05, 4.69) is 14.9 Å². The number of benzene rings is 1. The van der Waals surface area contributed by atoms with E-state index in [0.717, 1.165) is 55.4 Å². The minimum atomic E-state index is 0.756. The van der Waals surface area contributed by atoms with Gasteiger partial charge in [-0.2, -0.15) is 0 Å². The van der Waals surface area contributed by atoms with Crippen LogP contribution >= 0.6 is 0 Å². The number of H-pyrrole nitrogens is 1. The van der Waals surface area contributed by atoms with Gasteiger partial charge in [0.15, 0.2) is 0 Å². The molecule has 17 heavy (non-hydrogen) atoms. The standard InChI is InChI=1S/C12H16N4O/c13-9-2-3-10-11(8-9)15-12(14-10)16-4-1-6-17-7-5-16/h2-3,8H,1,4-7,13H2,(H,14,15). The maximum Gasteiger partial charge on any atom is 0.203 e. The Balaban J connectivity index is 1.93. The molecule has 1 fully saturated rings. The van der Waals surface area contributed by atoms with Gasteiger partial charge in [-0.3, -0.25) is 0 Å². The van der Waals surface area contributed by atoms with Crippen molar-refractivity contribution < 1.29 is 4.74 Å². The SMILES string of the molecule is Nc1ccc2nc(N3CCCOCC3)[nH]c2c1. The summed E-state index contributed by atoms with van der Waals surface area (Å²) in [7, 11) is 0. The summed E-state index contributed by atoms with van der Waals surface area (Å²) in [5.41, 5.74) is 8.46. The van der Waals surface area contributed by atoms with Gasteiger partial charge in [-0.15, -0.1) is 0 Å². The fraction of sp³-hybridized carbons (Fsp3) is 0.417. The van der Waals surface area contributed by atoms with Crippen molar-refractivity contribution in [1.29, 1.82) is 0 Å². The van der Waals surface area contributed by atoms with Crippen molar-refractivity contribution in [2.45, 2.75) is 6.42 Å². The number of hydrogen-bond acceptors (Lipinski definition) is 4. The van der Waals surface area contributed by atoms with E-state index in [1.54, 1.807) is 0 Å². The maximum absolute atomic E-state index is 5.76. The van der Waals surface area contributed by atoms with E-state index < -0.39 is 0 Å². The van der Waals surface area contributed by atoms with Crippen LogP contribution in [0.1, 0.15) is 6.42 Å². The highest BCUT2D eigenvalue weighted by Gasteiger charge is 2.13. The third-order valence-corrected chi connectivity index (χ3v) is 3.02. The summed E-state index contributed by atoms with van der Waals surface area (Å²) in [5, 5.41) is 0. The molecule has 0 amide bonds. The fourth-order valence-corrected chi connectivity index (χ4v) is 2.12. The number of anilines is 2. The lowest BCUT2D eigenvalue weighted by Gasteiger charge is -2.17. The minimum Gasteiger partial charge on any atom is -0.399 e. The average molecular weight is 232 g/mol. The summed E-state index contributed by atoms with van der Waals surface area (Å²) in [6.45, 7) is 3.47. The van der Waals surface area contributed by atoms with Crippen molar-refractivity contribution >= 4 is 22.7 Å². The Bertz CT molecular complexity index is 514. The van der Waals surface area contributed by atoms with Gasteiger partial charge in [0.1, 0.15) is 0 Å². The predicted octanol–water partition coefficient (Wildman–Crippen LogP) is 1.37. The zero-order valence-electron chi connectivity index (χ0n) is 9.65. The number of rotatable bonds is 1. The molecule has 1 aromatic carbocycles. The molecule has 1 aromatic heterocycles. The van der Waals surface area contributed by atoms with E-state index >= 15 is 0 Å². The number of hydrogen-bond donors (Lipinski definition) is 2. The van der Waals surface area contributed by atoms with Crippen LogP contribution in [0.2, 0.25) is 0 Å². The van der Waals surface area contributed by atoms with Gasteiger partial charge in [-0.25, -0.2) is 4.98 Å². The maximum atomic E-state index is 5.76. The van der Waals surface area contributed by atoms with Gasteiger partial charge in [0.05, 0.1) is 17.6 Å². The van der Waals surface area contributed by atoms with Gasteiger partial charge in [-0.1, -0.05) is 0 Å². The Hall–Kier alpha value is -1.75. The monoisotopic (exact) mass is 232 g/mol. The summed E-state index contributed by atoms with van der Waals surface area (Å²) >= 11 is 0. The Morgan fingerprint density at radius 1 is 1.29 bits per heavy atom. The molecule has 3 rings (SSSR count). The molecular formula is C12H16N4O. The van der Waals surface area contributed by atoms with Crippen LogP contribution in [0, 0.1) is 0 Å². The number of aromatic nitrogens is 2. The molecule has 5 nitrogen and oxygen atoms in total. The van der Waals surface area contributed by atoms with Crippen LogP contribution < -0.4 is 10.6 Å². The number of imidazole rings is 1. The second-order valence-electron chi connectivity index (χ2n) is 4.29. The van der Waals surface area contributed by atoms with Gasteiger partial charge >= 0.3 is 0 Å². The van der Waals surface area contributed by atoms with Crippen molar-refractivity contribution in [3.05, 3.63) is 18.2 Å². The van der Waals surface area contributed by atoms with E-state index in [-0.39, 0.29) is 0 Å². The molecule has 1 saturated heterocycles. The first-order chi connectivity index (χ1) is 8.33. The zero-order chi connectivity index (χ0) is 11.7. The van der Waals surface area contributed by atoms with Crippen LogP contribution in [-0.4, -0.2) is 36.3 Å². The molecule has 90 valence electrons. The first kappa shape index (κ1) is 10.4. The Morgan fingerprint density at radius 2 is 2.24 bits per heavy atom. The van der Waals surface area contributed by atoms with E-state index in [1.165, 1.54) is 0 Å². The molecule has 0 aliphatic carbocycles. The molecule has 1 aliphatic heterocycles. The molecule has 0 unspecified atom stereocenters. The van der Waals surface area contributed by atoms with Crippen LogP contribution in [-0.2, 0) is 4.74 Å². The molecule has 0 radical (unpaired) electrons. The molecular weight excluding hydrogens is 216 g/mol. The highest BCUT2D eigenvalue weighted by molar-refractivity contribution is 5.80. The van der Waals surface area contributed by atoms with E-state index in [4.69, 9.17) is 10.5 Å². The number of ether oxygens (including phenoxy) is 1. The van der Waals surface area contributed by atoms with Gasteiger partial charge in [-0.05, 0) is 24.6 Å². The van der Waals surface area contributed by atoms with Crippen molar-refractivity contribution in [1.82, 2.24) is 9.97 Å². The lowest BCUT2D eigenvalue weighted by Crippen LogP contribution is -2.26. The molecule has 0 saturated carbocycles. The first-order valence-electron chi connectivity index (χ1n) is 5.91. The lowest BCUT2D eigenvalue weighted by molar-refractivity contribution is 0.152. The van der Waals surface area contributed by atoms with E-state index in [9.17, 15) is 0 Å². The molecule has 1 aliphatic rings. The Morgan fingerprint density at radius 3 is 3.18 bits per heavy atom. The summed E-state index contributed by atoms with van der Waals surface area (Å²) in [5.74, 6) is 0.913. The molecule has 2 heterocycles. The van der Waals surface area contributed by atoms with Gasteiger partial charge in [0, 0.05) is 25.4 Å². The van der Waals surface area contributed by atoms with Gasteiger partial charge in [0.25, 0.3) is 0 Å². The molecule has 0 atom stereocenters. The summed E-state index contributed by atoms with van der Waals surface area (Å²) in [6, 6.07) is 5.73. The van der Waals surface area contributed by atoms with E-state index in [0.29, 0.717) is 0 Å². The topological polar surface area (TPSA) is 67.2 Å². The number of nitrogens with zero attached hydrogens (tertiary/aromatic N) is 2. The smallest absolute Gasteiger partial charge is 0.203 e. The van der Waals surface area contributed by atoms with Crippen LogP contribution in [0.4, 0.5) is 11.6 Å². The van der Waals surface area contributed by atoms with Crippen molar-refractivity contribution in [2.75, 3.05) is 36.9 Å². The average Bonchev–Trinajstić information content (AvgIpc) is 2.57. The van der Waals surface area contributed by atoms with Crippen molar-refractivity contribution in [3.63, 3.8) is 0 Å². The fourth-order valence-electron chi connectivity index (χ4n) is 2.12. The predicted molar refractivity (Wildman–Crippen MR) is 68.2 cm³/mol. The number of nitrogen functional groups attached to an aromatic ring is 1. The number of nitrogens with one attached hydrogen (secondary N) is 1. The van der Waals surface area contributed by atoms with Crippen LogP contribution in [0.5, 0.6) is 0 Å². The summed E-state index contributed by atoms with van der Waals surface area (Å²) < 4.78 is 5.44. The van der Waals surface area contributed by atoms with Crippen molar-refractivity contribution in [3.8, 4) is 0 Å². The van der Waals surface area contributed by atoms with Crippen LogP contribution in [0.25, 0.3) is 11.0 Å². The third kappa shape index (κ3) is 2.06. The van der Waals surface area contributed by atoms with Crippen LogP contribution in [0.3, 0.4) is 0 Å². The minimum absolute atomic E-state index is 0.756. The normalized spacial score (nSPS) is 17.3. The number of fused-ring (bicyclic) bond motifs is 1. The van der Waals surface area contributed by atoms with E-state index in [1.807, 2.05) is 18.2 Å². The second kappa shape index (κ2) is 4.25. The van der Waals surface area contributed by atoms with Crippen molar-refractivity contribution in [2.24, 2.45) is 0 Å². The number of nitrogens with two attached hydrogens (primary N) is 1. The zero-order valence-corrected chi connectivity index (χ0v) is 9.65. The molecule has 5 heteroatoms. The van der Waals surface area contributed by atoms with Gasteiger partial charge < -0.3 is 20.4 Å². The molecule has 3 N–H and O–H groups in total. The second-order valence-corrected chi connectivity index (χ2v) is 4.29. The lowest BCUT2D eigenvalue weighted by atomic mass is 10.3. The molecule has 0 bridgehead atoms. The molecule has 2 aromatic rings.